The third-order valence-corrected chi connectivity index (χ3v) is 5.67. The summed E-state index contributed by atoms with van der Waals surface area (Å²) in [5.74, 6) is -0.774. The first kappa shape index (κ1) is 24.5. The third kappa shape index (κ3) is 5.61. The Labute approximate surface area is 199 Å². The smallest absolute Gasteiger partial charge is 0.315 e. The van der Waals surface area contributed by atoms with Gasteiger partial charge in [-0.25, -0.2) is 0 Å². The van der Waals surface area contributed by atoms with Crippen LogP contribution < -0.4 is 4.74 Å². The van der Waals surface area contributed by atoms with E-state index in [0.717, 1.165) is 22.3 Å². The molecule has 0 spiro atoms. The second-order valence-electron chi connectivity index (χ2n) is 7.73. The fourth-order valence-electron chi connectivity index (χ4n) is 3.73. The molecule has 0 atom stereocenters. The molecule has 0 aliphatic heterocycles. The predicted octanol–water partition coefficient (Wildman–Crippen LogP) is 5.74. The topological polar surface area (TPSA) is 92.9 Å². The second kappa shape index (κ2) is 11.1. The number of hydrogen-bond donors (Lipinski definition) is 1. The molecule has 176 valence electrons. The SMILES string of the molecule is CCN(CC)C(=O)C=Cc1cc(O)c(OCc2cccc(-c3ccccc3)c2C)c([N+](=O)[O-])c1. The van der Waals surface area contributed by atoms with Gasteiger partial charge in [0.1, 0.15) is 6.61 Å². The molecule has 3 aromatic rings. The van der Waals surface area contributed by atoms with Crippen molar-refractivity contribution in [1.82, 2.24) is 4.90 Å². The summed E-state index contributed by atoms with van der Waals surface area (Å²) in [6.45, 7) is 6.88. The Morgan fingerprint density at radius 1 is 1.09 bits per heavy atom. The number of likely N-dealkylation sites (N-methyl/N-ethyl adjacent to an activating group) is 1. The zero-order valence-corrected chi connectivity index (χ0v) is 19.5. The van der Waals surface area contributed by atoms with Crippen LogP contribution in [0.3, 0.4) is 0 Å². The monoisotopic (exact) mass is 460 g/mol. The lowest BCUT2D eigenvalue weighted by Gasteiger charge is -2.16. The van der Waals surface area contributed by atoms with Gasteiger partial charge >= 0.3 is 5.69 Å². The van der Waals surface area contributed by atoms with Crippen LogP contribution in [0, 0.1) is 17.0 Å². The van der Waals surface area contributed by atoms with Gasteiger partial charge in [0.25, 0.3) is 0 Å². The van der Waals surface area contributed by atoms with Gasteiger partial charge in [-0.15, -0.1) is 0 Å². The molecule has 0 saturated carbocycles. The highest BCUT2D eigenvalue weighted by atomic mass is 16.6. The van der Waals surface area contributed by atoms with Gasteiger partial charge in [-0.3, -0.25) is 14.9 Å². The summed E-state index contributed by atoms with van der Waals surface area (Å²) < 4.78 is 5.75. The molecule has 7 heteroatoms. The van der Waals surface area contributed by atoms with Crippen LogP contribution in [-0.2, 0) is 11.4 Å². The number of nitro groups is 1. The number of aromatic hydroxyl groups is 1. The molecule has 0 aliphatic rings. The van der Waals surface area contributed by atoms with Crippen molar-refractivity contribution in [3.05, 3.63) is 93.5 Å². The Morgan fingerprint density at radius 3 is 2.44 bits per heavy atom. The molecule has 34 heavy (non-hydrogen) atoms. The number of carbonyl (C=O) groups is 1. The van der Waals surface area contributed by atoms with Crippen LogP contribution in [0.5, 0.6) is 11.5 Å². The van der Waals surface area contributed by atoms with E-state index in [1.807, 2.05) is 69.3 Å². The molecular weight excluding hydrogens is 432 g/mol. The number of nitrogens with zero attached hydrogens (tertiary/aromatic N) is 2. The van der Waals surface area contributed by atoms with Crippen LogP contribution in [0.25, 0.3) is 17.2 Å². The fraction of sp³-hybridized carbons (Fsp3) is 0.222. The summed E-state index contributed by atoms with van der Waals surface area (Å²) in [5.41, 5.74) is 3.91. The first-order valence-electron chi connectivity index (χ1n) is 11.1. The lowest BCUT2D eigenvalue weighted by molar-refractivity contribution is -0.386. The van der Waals surface area contributed by atoms with Gasteiger partial charge in [-0.1, -0.05) is 48.5 Å². The summed E-state index contributed by atoms with van der Waals surface area (Å²) in [5, 5.41) is 22.2. The van der Waals surface area contributed by atoms with E-state index in [1.165, 1.54) is 24.3 Å². The molecule has 0 bridgehead atoms. The van der Waals surface area contributed by atoms with Crippen molar-refractivity contribution < 1.29 is 19.6 Å². The zero-order valence-electron chi connectivity index (χ0n) is 19.5. The van der Waals surface area contributed by atoms with E-state index in [0.29, 0.717) is 18.7 Å². The van der Waals surface area contributed by atoms with Gasteiger partial charge in [-0.05, 0) is 60.7 Å². The minimum absolute atomic E-state index is 0.0521. The zero-order chi connectivity index (χ0) is 24.7. The van der Waals surface area contributed by atoms with E-state index in [4.69, 9.17) is 4.74 Å². The Balaban J connectivity index is 1.86. The van der Waals surface area contributed by atoms with E-state index in [-0.39, 0.29) is 29.7 Å². The highest BCUT2D eigenvalue weighted by Crippen LogP contribution is 2.39. The van der Waals surface area contributed by atoms with E-state index >= 15 is 0 Å². The predicted molar refractivity (Wildman–Crippen MR) is 133 cm³/mol. The molecule has 0 heterocycles. The molecule has 0 radical (unpaired) electrons. The van der Waals surface area contributed by atoms with Crippen molar-refractivity contribution in [2.24, 2.45) is 0 Å². The molecule has 1 N–H and O–H groups in total. The minimum atomic E-state index is -0.605. The number of amides is 1. The number of nitro benzene ring substituents is 1. The number of phenolic OH excluding ortho intramolecular Hbond substituents is 1. The van der Waals surface area contributed by atoms with Crippen molar-refractivity contribution in [3.63, 3.8) is 0 Å². The van der Waals surface area contributed by atoms with Crippen molar-refractivity contribution in [1.29, 1.82) is 0 Å². The molecule has 0 unspecified atom stereocenters. The summed E-state index contributed by atoms with van der Waals surface area (Å²) >= 11 is 0. The molecule has 0 saturated heterocycles. The van der Waals surface area contributed by atoms with Crippen LogP contribution in [0.1, 0.15) is 30.5 Å². The van der Waals surface area contributed by atoms with Crippen LogP contribution in [-0.4, -0.2) is 33.9 Å². The average molecular weight is 461 g/mol. The molecule has 1 amide bonds. The summed E-state index contributed by atoms with van der Waals surface area (Å²) in [7, 11) is 0. The number of benzene rings is 3. The van der Waals surface area contributed by atoms with Crippen LogP contribution >= 0.6 is 0 Å². The fourth-order valence-corrected chi connectivity index (χ4v) is 3.73. The first-order chi connectivity index (χ1) is 16.3. The third-order valence-electron chi connectivity index (χ3n) is 5.67. The summed E-state index contributed by atoms with van der Waals surface area (Å²) in [6.07, 6.45) is 2.79. The quantitative estimate of drug-likeness (QED) is 0.250. The van der Waals surface area contributed by atoms with E-state index in [9.17, 15) is 20.0 Å². The summed E-state index contributed by atoms with van der Waals surface area (Å²) in [4.78, 5) is 24.9. The molecule has 0 fully saturated rings. The molecule has 0 aromatic heterocycles. The van der Waals surface area contributed by atoms with Crippen LogP contribution in [0.15, 0.2) is 66.7 Å². The molecular formula is C27H28N2O5. The van der Waals surface area contributed by atoms with Crippen molar-refractivity contribution in [2.45, 2.75) is 27.4 Å². The van der Waals surface area contributed by atoms with Crippen LogP contribution in [0.2, 0.25) is 0 Å². The lowest BCUT2D eigenvalue weighted by Crippen LogP contribution is -2.28. The van der Waals surface area contributed by atoms with Crippen molar-refractivity contribution in [2.75, 3.05) is 13.1 Å². The van der Waals surface area contributed by atoms with Gasteiger partial charge in [0.05, 0.1) is 4.92 Å². The van der Waals surface area contributed by atoms with Gasteiger partial charge in [0.2, 0.25) is 11.7 Å². The van der Waals surface area contributed by atoms with Crippen molar-refractivity contribution in [3.8, 4) is 22.6 Å². The molecule has 0 aliphatic carbocycles. The van der Waals surface area contributed by atoms with E-state index < -0.39 is 4.92 Å². The number of phenols is 1. The molecule has 3 aromatic carbocycles. The van der Waals surface area contributed by atoms with Gasteiger partial charge in [0, 0.05) is 25.2 Å². The summed E-state index contributed by atoms with van der Waals surface area (Å²) in [6, 6.07) is 18.3. The maximum atomic E-state index is 12.2. The first-order valence-corrected chi connectivity index (χ1v) is 11.1. The van der Waals surface area contributed by atoms with Gasteiger partial charge in [-0.2, -0.15) is 0 Å². The largest absolute Gasteiger partial charge is 0.504 e. The number of hydrogen-bond acceptors (Lipinski definition) is 5. The second-order valence-corrected chi connectivity index (χ2v) is 7.73. The van der Waals surface area contributed by atoms with E-state index in [1.54, 1.807) is 4.90 Å². The van der Waals surface area contributed by atoms with Gasteiger partial charge < -0.3 is 14.7 Å². The number of rotatable bonds is 9. The lowest BCUT2D eigenvalue weighted by atomic mass is 9.97. The van der Waals surface area contributed by atoms with Gasteiger partial charge in [0.15, 0.2) is 5.75 Å². The maximum absolute atomic E-state index is 12.2. The highest BCUT2D eigenvalue weighted by Gasteiger charge is 2.22. The van der Waals surface area contributed by atoms with Crippen LogP contribution in [0.4, 0.5) is 5.69 Å². The average Bonchev–Trinajstić information content (AvgIpc) is 2.83. The normalized spacial score (nSPS) is 10.9. The highest BCUT2D eigenvalue weighted by molar-refractivity contribution is 5.92. The number of carbonyl (C=O) groups excluding carboxylic acids is 1. The maximum Gasteiger partial charge on any atom is 0.315 e. The molecule has 7 nitrogen and oxygen atoms in total. The Hall–Kier alpha value is -4.13. The Bertz CT molecular complexity index is 1200. The Morgan fingerprint density at radius 2 is 1.79 bits per heavy atom. The standard InChI is InChI=1S/C27H28N2O5/c1-4-28(5-2)26(31)15-14-20-16-24(29(32)33)27(25(30)17-20)34-18-22-12-9-13-23(19(22)3)21-10-7-6-8-11-21/h6-17,30H,4-5,18H2,1-3H3. The minimum Gasteiger partial charge on any atom is -0.504 e. The Kier molecular flexibility index (Phi) is 8.03. The van der Waals surface area contributed by atoms with Crippen molar-refractivity contribution >= 4 is 17.7 Å². The van der Waals surface area contributed by atoms with E-state index in [2.05, 4.69) is 0 Å². The number of ether oxygens (including phenoxy) is 1. The molecule has 3 rings (SSSR count).